The first kappa shape index (κ1) is 23.1. The molecule has 0 bridgehead atoms. The molecule has 0 atom stereocenters. The van der Waals surface area contributed by atoms with E-state index in [-0.39, 0.29) is 5.75 Å². The molecular formula is C23H23BrN6O2S. The summed E-state index contributed by atoms with van der Waals surface area (Å²) in [6, 6.07) is 16.9. The Labute approximate surface area is 201 Å². The number of fused-ring (bicyclic) bond motifs is 1. The predicted molar refractivity (Wildman–Crippen MR) is 136 cm³/mol. The summed E-state index contributed by atoms with van der Waals surface area (Å²) < 4.78 is 28.1. The third kappa shape index (κ3) is 5.47. The van der Waals surface area contributed by atoms with Crippen LogP contribution in [-0.4, -0.2) is 54.7 Å². The highest BCUT2D eigenvalue weighted by Gasteiger charge is 2.15. The van der Waals surface area contributed by atoms with Gasteiger partial charge in [0.2, 0.25) is 10.0 Å². The molecule has 2 aromatic heterocycles. The number of nitrogens with zero attached hydrogens (tertiary/aromatic N) is 4. The SMILES string of the molecule is CN(C)CCS(=O)(=O)Nc1ccc(-c2cc(-c3cccc(Br)c3)c3c(N)ncnc3n2)cc1. The van der Waals surface area contributed by atoms with Gasteiger partial charge < -0.3 is 10.6 Å². The zero-order valence-electron chi connectivity index (χ0n) is 18.2. The fraction of sp³-hybridized carbons (Fsp3) is 0.174. The molecule has 10 heteroatoms. The molecule has 0 amide bonds. The molecule has 0 aliphatic rings. The molecule has 8 nitrogen and oxygen atoms in total. The Balaban J connectivity index is 1.72. The van der Waals surface area contributed by atoms with Crippen LogP contribution in [0.3, 0.4) is 0 Å². The van der Waals surface area contributed by atoms with Crippen LogP contribution in [-0.2, 0) is 10.0 Å². The van der Waals surface area contributed by atoms with Crippen LogP contribution in [0.1, 0.15) is 0 Å². The normalized spacial score (nSPS) is 11.8. The van der Waals surface area contributed by atoms with Gasteiger partial charge in [-0.2, -0.15) is 0 Å². The Hall–Kier alpha value is -3.08. The molecule has 0 saturated carbocycles. The summed E-state index contributed by atoms with van der Waals surface area (Å²) in [6.07, 6.45) is 1.39. The monoisotopic (exact) mass is 526 g/mol. The summed E-state index contributed by atoms with van der Waals surface area (Å²) >= 11 is 3.52. The summed E-state index contributed by atoms with van der Waals surface area (Å²) in [6.45, 7) is 0.442. The van der Waals surface area contributed by atoms with Crippen molar-refractivity contribution < 1.29 is 8.42 Å². The maximum absolute atomic E-state index is 12.3. The maximum atomic E-state index is 12.3. The zero-order valence-corrected chi connectivity index (χ0v) is 20.6. The smallest absolute Gasteiger partial charge is 0.233 e. The Morgan fingerprint density at radius 3 is 2.48 bits per heavy atom. The average molecular weight is 527 g/mol. The predicted octanol–water partition coefficient (Wildman–Crippen LogP) is 4.01. The van der Waals surface area contributed by atoms with Crippen LogP contribution >= 0.6 is 15.9 Å². The van der Waals surface area contributed by atoms with Gasteiger partial charge in [0, 0.05) is 22.3 Å². The number of rotatable bonds is 7. The lowest BCUT2D eigenvalue weighted by atomic mass is 10.00. The molecule has 0 unspecified atom stereocenters. The molecule has 2 aromatic carbocycles. The van der Waals surface area contributed by atoms with Crippen molar-refractivity contribution >= 4 is 48.5 Å². The zero-order chi connectivity index (χ0) is 23.6. The molecule has 0 aliphatic heterocycles. The van der Waals surface area contributed by atoms with Crippen LogP contribution < -0.4 is 10.5 Å². The molecule has 0 fully saturated rings. The second-order valence-corrected chi connectivity index (χ2v) is 10.6. The number of hydrogen-bond acceptors (Lipinski definition) is 7. The van der Waals surface area contributed by atoms with Gasteiger partial charge in [-0.1, -0.05) is 40.2 Å². The third-order valence-electron chi connectivity index (χ3n) is 5.03. The molecular weight excluding hydrogens is 504 g/mol. The first-order valence-corrected chi connectivity index (χ1v) is 12.6. The lowest BCUT2D eigenvalue weighted by molar-refractivity contribution is 0.432. The molecule has 3 N–H and O–H groups in total. The Morgan fingerprint density at radius 1 is 1.03 bits per heavy atom. The van der Waals surface area contributed by atoms with Crippen molar-refractivity contribution in [3.05, 3.63) is 65.4 Å². The van der Waals surface area contributed by atoms with Crippen molar-refractivity contribution in [3.8, 4) is 22.4 Å². The molecule has 2 heterocycles. The minimum atomic E-state index is -3.43. The van der Waals surface area contributed by atoms with E-state index in [2.05, 4.69) is 35.6 Å². The highest BCUT2D eigenvalue weighted by atomic mass is 79.9. The van der Waals surface area contributed by atoms with Crippen molar-refractivity contribution in [1.82, 2.24) is 19.9 Å². The van der Waals surface area contributed by atoms with Gasteiger partial charge in [-0.15, -0.1) is 0 Å². The van der Waals surface area contributed by atoms with E-state index in [1.54, 1.807) is 12.1 Å². The van der Waals surface area contributed by atoms with Crippen molar-refractivity contribution in [1.29, 1.82) is 0 Å². The summed E-state index contributed by atoms with van der Waals surface area (Å²) in [5, 5.41) is 0.685. The molecule has 0 radical (unpaired) electrons. The van der Waals surface area contributed by atoms with Gasteiger partial charge in [0.1, 0.15) is 12.1 Å². The Morgan fingerprint density at radius 2 is 1.79 bits per heavy atom. The van der Waals surface area contributed by atoms with Gasteiger partial charge in [-0.25, -0.2) is 23.4 Å². The highest BCUT2D eigenvalue weighted by molar-refractivity contribution is 9.10. The quantitative estimate of drug-likeness (QED) is 0.373. The van der Waals surface area contributed by atoms with E-state index >= 15 is 0 Å². The number of nitrogen functional groups attached to an aromatic ring is 1. The average Bonchev–Trinajstić information content (AvgIpc) is 2.77. The van der Waals surface area contributed by atoms with E-state index in [1.165, 1.54) is 6.33 Å². The van der Waals surface area contributed by atoms with E-state index in [9.17, 15) is 8.42 Å². The Kier molecular flexibility index (Phi) is 6.59. The van der Waals surface area contributed by atoms with E-state index in [4.69, 9.17) is 5.73 Å². The number of halogens is 1. The van der Waals surface area contributed by atoms with Gasteiger partial charge in [-0.3, -0.25) is 4.72 Å². The van der Waals surface area contributed by atoms with Crippen molar-refractivity contribution in [2.75, 3.05) is 36.8 Å². The standard InChI is InChI=1S/C23H23BrN6O2S/c1-30(2)10-11-33(31,32)29-18-8-6-15(7-9-18)20-13-19(16-4-3-5-17(24)12-16)21-22(25)26-14-27-23(21)28-20/h3-9,12-14,29H,10-11H2,1-2H3,(H2,25,26,27,28). The van der Waals surface area contributed by atoms with Crippen LogP contribution in [0.4, 0.5) is 11.5 Å². The summed E-state index contributed by atoms with van der Waals surface area (Å²) in [5.41, 5.74) is 10.5. The van der Waals surface area contributed by atoms with Crippen LogP contribution in [0.25, 0.3) is 33.4 Å². The molecule has 4 aromatic rings. The fourth-order valence-corrected chi connectivity index (χ4v) is 4.96. The number of anilines is 2. The minimum Gasteiger partial charge on any atom is -0.383 e. The summed E-state index contributed by atoms with van der Waals surface area (Å²) in [5.74, 6) is 0.377. The van der Waals surface area contributed by atoms with Gasteiger partial charge in [0.25, 0.3) is 0 Å². The van der Waals surface area contributed by atoms with Gasteiger partial charge in [-0.05, 0) is 55.6 Å². The highest BCUT2D eigenvalue weighted by Crippen LogP contribution is 2.34. The van der Waals surface area contributed by atoms with Crippen LogP contribution in [0, 0.1) is 0 Å². The van der Waals surface area contributed by atoms with Gasteiger partial charge in [0.15, 0.2) is 5.65 Å². The van der Waals surface area contributed by atoms with Crippen LogP contribution in [0.15, 0.2) is 65.4 Å². The fourth-order valence-electron chi connectivity index (χ4n) is 3.36. The minimum absolute atomic E-state index is 0.0190. The Bertz CT molecular complexity index is 1410. The first-order valence-electron chi connectivity index (χ1n) is 10.1. The van der Waals surface area contributed by atoms with Crippen LogP contribution in [0.5, 0.6) is 0 Å². The van der Waals surface area contributed by atoms with E-state index in [0.29, 0.717) is 34.8 Å². The van der Waals surface area contributed by atoms with E-state index in [0.717, 1.165) is 21.2 Å². The number of aromatic nitrogens is 3. The lowest BCUT2D eigenvalue weighted by Crippen LogP contribution is -2.26. The maximum Gasteiger partial charge on any atom is 0.233 e. The molecule has 170 valence electrons. The van der Waals surface area contributed by atoms with Gasteiger partial charge >= 0.3 is 0 Å². The molecule has 33 heavy (non-hydrogen) atoms. The van der Waals surface area contributed by atoms with Crippen molar-refractivity contribution in [2.24, 2.45) is 0 Å². The van der Waals surface area contributed by atoms with E-state index < -0.39 is 10.0 Å². The van der Waals surface area contributed by atoms with Crippen LogP contribution in [0.2, 0.25) is 0 Å². The lowest BCUT2D eigenvalue weighted by Gasteiger charge is -2.13. The topological polar surface area (TPSA) is 114 Å². The summed E-state index contributed by atoms with van der Waals surface area (Å²) in [4.78, 5) is 15.0. The molecule has 4 rings (SSSR count). The number of benzene rings is 2. The largest absolute Gasteiger partial charge is 0.383 e. The van der Waals surface area contributed by atoms with Gasteiger partial charge in [0.05, 0.1) is 16.8 Å². The molecule has 0 saturated heterocycles. The number of sulfonamides is 1. The first-order chi connectivity index (χ1) is 15.7. The number of nitrogens with two attached hydrogens (primary N) is 1. The second kappa shape index (κ2) is 9.42. The second-order valence-electron chi connectivity index (χ2n) is 7.82. The number of hydrogen-bond donors (Lipinski definition) is 2. The summed E-state index contributed by atoms with van der Waals surface area (Å²) in [7, 11) is 0.240. The number of pyridine rings is 1. The molecule has 0 aliphatic carbocycles. The molecule has 0 spiro atoms. The van der Waals surface area contributed by atoms with Crippen molar-refractivity contribution in [2.45, 2.75) is 0 Å². The van der Waals surface area contributed by atoms with E-state index in [1.807, 2.05) is 61.5 Å². The van der Waals surface area contributed by atoms with Crippen molar-refractivity contribution in [3.63, 3.8) is 0 Å². The third-order valence-corrected chi connectivity index (χ3v) is 6.79. The number of nitrogens with one attached hydrogen (secondary N) is 1.